The molecule has 0 aromatic rings. The van der Waals surface area contributed by atoms with Gasteiger partial charge in [-0.2, -0.15) is 5.26 Å². The van der Waals surface area contributed by atoms with E-state index >= 15 is 0 Å². The van der Waals surface area contributed by atoms with E-state index in [0.717, 1.165) is 6.08 Å². The lowest BCUT2D eigenvalue weighted by Crippen LogP contribution is -1.91. The summed E-state index contributed by atoms with van der Waals surface area (Å²) in [7, 11) is 1.31. The molecular formula is C5H8N2O2. The summed E-state index contributed by atoms with van der Waals surface area (Å²) in [5, 5.41) is 7.10. The number of carbonyl (C=O) groups excluding carboxylic acids is 1. The third kappa shape index (κ3) is 21.1. The zero-order valence-corrected chi connectivity index (χ0v) is 5.13. The number of nitrogens with two attached hydrogens (primary N) is 1. The second-order valence-corrected chi connectivity index (χ2v) is 0.856. The van der Waals surface area contributed by atoms with Crippen molar-refractivity contribution in [2.24, 2.45) is 5.73 Å². The van der Waals surface area contributed by atoms with Gasteiger partial charge in [0.15, 0.2) is 6.19 Å². The van der Waals surface area contributed by atoms with E-state index in [-0.39, 0.29) is 0 Å². The maximum absolute atomic E-state index is 9.84. The predicted molar refractivity (Wildman–Crippen MR) is 32.0 cm³/mol. The van der Waals surface area contributed by atoms with Crippen LogP contribution >= 0.6 is 0 Å². The van der Waals surface area contributed by atoms with Gasteiger partial charge < -0.3 is 10.5 Å². The first-order chi connectivity index (χ1) is 4.22. The fourth-order valence-corrected chi connectivity index (χ4v) is 0.0833. The van der Waals surface area contributed by atoms with E-state index in [1.807, 2.05) is 0 Å². The first kappa shape index (κ1) is 10.5. The Labute approximate surface area is 53.5 Å². The summed E-state index contributed by atoms with van der Waals surface area (Å²) in [4.78, 5) is 9.84. The molecule has 0 aliphatic rings. The van der Waals surface area contributed by atoms with Crippen molar-refractivity contribution in [3.8, 4) is 6.19 Å². The summed E-state index contributed by atoms with van der Waals surface area (Å²) in [6, 6.07) is 0. The highest BCUT2D eigenvalue weighted by Crippen LogP contribution is 1.67. The van der Waals surface area contributed by atoms with E-state index in [4.69, 9.17) is 5.26 Å². The lowest BCUT2D eigenvalue weighted by Gasteiger charge is -1.83. The van der Waals surface area contributed by atoms with Crippen LogP contribution in [0, 0.1) is 11.5 Å². The fourth-order valence-electron chi connectivity index (χ4n) is 0.0833. The Balaban J connectivity index is 0. The number of hydrogen-bond donors (Lipinski definition) is 1. The molecule has 9 heavy (non-hydrogen) atoms. The van der Waals surface area contributed by atoms with Crippen molar-refractivity contribution < 1.29 is 9.53 Å². The number of rotatable bonds is 1. The molecular weight excluding hydrogens is 120 g/mol. The highest BCUT2D eigenvalue weighted by atomic mass is 16.5. The maximum Gasteiger partial charge on any atom is 0.329 e. The number of nitriles is 1. The second kappa shape index (κ2) is 9.71. The maximum atomic E-state index is 9.84. The van der Waals surface area contributed by atoms with Crippen LogP contribution in [0.2, 0.25) is 0 Å². The van der Waals surface area contributed by atoms with Gasteiger partial charge >= 0.3 is 5.97 Å². The molecule has 2 N–H and O–H groups in total. The summed E-state index contributed by atoms with van der Waals surface area (Å²) >= 11 is 0. The summed E-state index contributed by atoms with van der Waals surface area (Å²) in [5.41, 5.74) is 4.15. The molecule has 0 spiro atoms. The normalized spacial score (nSPS) is 5.33. The number of nitrogens with zero attached hydrogens (tertiary/aromatic N) is 1. The van der Waals surface area contributed by atoms with E-state index in [2.05, 4.69) is 17.0 Å². The van der Waals surface area contributed by atoms with Crippen molar-refractivity contribution in [2.75, 3.05) is 7.11 Å². The molecule has 0 fully saturated rings. The van der Waals surface area contributed by atoms with Crippen molar-refractivity contribution in [3.63, 3.8) is 0 Å². The second-order valence-electron chi connectivity index (χ2n) is 0.856. The van der Waals surface area contributed by atoms with E-state index in [9.17, 15) is 4.79 Å². The lowest BCUT2D eigenvalue weighted by molar-refractivity contribution is -0.134. The lowest BCUT2D eigenvalue weighted by atomic mass is 10.7. The Kier molecular flexibility index (Phi) is 11.3. The fraction of sp³-hybridized carbons (Fsp3) is 0.200. The van der Waals surface area contributed by atoms with Gasteiger partial charge in [-0.1, -0.05) is 6.58 Å². The zero-order valence-electron chi connectivity index (χ0n) is 5.13. The molecule has 0 heterocycles. The largest absolute Gasteiger partial charge is 0.466 e. The van der Waals surface area contributed by atoms with Crippen LogP contribution in [0.25, 0.3) is 0 Å². The van der Waals surface area contributed by atoms with Crippen molar-refractivity contribution in [1.29, 1.82) is 5.26 Å². The first-order valence-corrected chi connectivity index (χ1v) is 2.03. The third-order valence-electron chi connectivity index (χ3n) is 0.368. The van der Waals surface area contributed by atoms with E-state index in [0.29, 0.717) is 0 Å². The molecule has 0 atom stereocenters. The van der Waals surface area contributed by atoms with Crippen LogP contribution in [0.4, 0.5) is 0 Å². The predicted octanol–water partition coefficient (Wildman–Crippen LogP) is -0.228. The van der Waals surface area contributed by atoms with E-state index < -0.39 is 5.97 Å². The van der Waals surface area contributed by atoms with Gasteiger partial charge in [0.2, 0.25) is 0 Å². The summed E-state index contributed by atoms with van der Waals surface area (Å²) in [6.45, 7) is 3.16. The van der Waals surface area contributed by atoms with Crippen molar-refractivity contribution in [2.45, 2.75) is 0 Å². The molecule has 0 aromatic carbocycles. The molecule has 4 heteroatoms. The van der Waals surface area contributed by atoms with Gasteiger partial charge in [0.05, 0.1) is 7.11 Å². The number of esters is 1. The molecule has 0 rings (SSSR count). The number of hydrogen-bond acceptors (Lipinski definition) is 4. The van der Waals surface area contributed by atoms with Crippen LogP contribution in [-0.2, 0) is 9.53 Å². The highest BCUT2D eigenvalue weighted by Gasteiger charge is 1.81. The van der Waals surface area contributed by atoms with Gasteiger partial charge in [0, 0.05) is 6.08 Å². The number of carbonyl (C=O) groups is 1. The first-order valence-electron chi connectivity index (χ1n) is 2.03. The highest BCUT2D eigenvalue weighted by molar-refractivity contribution is 5.80. The van der Waals surface area contributed by atoms with Gasteiger partial charge in [-0.05, 0) is 0 Å². The molecule has 4 nitrogen and oxygen atoms in total. The summed E-state index contributed by atoms with van der Waals surface area (Å²) < 4.78 is 4.14. The van der Waals surface area contributed by atoms with Gasteiger partial charge in [0.1, 0.15) is 0 Å². The Hall–Kier alpha value is -1.50. The van der Waals surface area contributed by atoms with Crippen LogP contribution in [0.5, 0.6) is 0 Å². The number of ether oxygens (including phenoxy) is 1. The SMILES string of the molecule is C=CC(=O)OC.N#CN. The number of methoxy groups -OCH3 is 1. The van der Waals surface area contributed by atoms with Crippen LogP contribution in [-0.4, -0.2) is 13.1 Å². The topological polar surface area (TPSA) is 76.1 Å². The van der Waals surface area contributed by atoms with Crippen molar-refractivity contribution in [3.05, 3.63) is 12.7 Å². The van der Waals surface area contributed by atoms with Gasteiger partial charge in [-0.3, -0.25) is 0 Å². The summed E-state index contributed by atoms with van der Waals surface area (Å²) in [6.07, 6.45) is 2.36. The minimum absolute atomic E-state index is 0.394. The molecule has 0 aromatic heterocycles. The minimum atomic E-state index is -0.394. The molecule has 0 unspecified atom stereocenters. The van der Waals surface area contributed by atoms with Gasteiger partial charge in [0.25, 0.3) is 0 Å². The average Bonchev–Trinajstić information content (AvgIpc) is 1.88. The monoisotopic (exact) mass is 128 g/mol. The Morgan fingerprint density at radius 1 is 2.00 bits per heavy atom. The molecule has 0 saturated carbocycles. The van der Waals surface area contributed by atoms with Crippen molar-refractivity contribution >= 4 is 5.97 Å². The molecule has 0 amide bonds. The van der Waals surface area contributed by atoms with Crippen LogP contribution in [0.15, 0.2) is 12.7 Å². The Bertz CT molecular complexity index is 125. The molecule has 0 bridgehead atoms. The molecule has 0 radical (unpaired) electrons. The van der Waals surface area contributed by atoms with E-state index in [1.165, 1.54) is 13.3 Å². The molecule has 0 aliphatic carbocycles. The molecule has 50 valence electrons. The van der Waals surface area contributed by atoms with Gasteiger partial charge in [-0.25, -0.2) is 4.79 Å². The van der Waals surface area contributed by atoms with E-state index in [1.54, 1.807) is 0 Å². The summed E-state index contributed by atoms with van der Waals surface area (Å²) in [5.74, 6) is -0.394. The third-order valence-corrected chi connectivity index (χ3v) is 0.368. The van der Waals surface area contributed by atoms with Crippen molar-refractivity contribution in [1.82, 2.24) is 0 Å². The standard InChI is InChI=1S/C4H6O2.CH2N2/c1-3-4(5)6-2;2-1-3/h3H,1H2,2H3;2H2. The minimum Gasteiger partial charge on any atom is -0.466 e. The van der Waals surface area contributed by atoms with Crippen LogP contribution < -0.4 is 5.73 Å². The smallest absolute Gasteiger partial charge is 0.329 e. The van der Waals surface area contributed by atoms with Crippen LogP contribution in [0.3, 0.4) is 0 Å². The zero-order chi connectivity index (χ0) is 7.70. The molecule has 0 aliphatic heterocycles. The average molecular weight is 128 g/mol. The quantitative estimate of drug-likeness (QED) is 0.229. The Morgan fingerprint density at radius 3 is 2.33 bits per heavy atom. The molecule has 0 saturated heterocycles. The van der Waals surface area contributed by atoms with Crippen LogP contribution in [0.1, 0.15) is 0 Å². The Morgan fingerprint density at radius 2 is 2.33 bits per heavy atom. The van der Waals surface area contributed by atoms with Gasteiger partial charge in [-0.15, -0.1) is 0 Å².